The fourth-order valence-corrected chi connectivity index (χ4v) is 2.44. The van der Waals surface area contributed by atoms with Gasteiger partial charge in [0.1, 0.15) is 6.04 Å². The van der Waals surface area contributed by atoms with Gasteiger partial charge in [-0.05, 0) is 24.6 Å². The van der Waals surface area contributed by atoms with Crippen molar-refractivity contribution in [3.05, 3.63) is 34.3 Å². The molecule has 2 atom stereocenters. The second-order valence-electron chi connectivity index (χ2n) is 4.61. The molecule has 1 aromatic rings. The summed E-state index contributed by atoms with van der Waals surface area (Å²) < 4.78 is 0. The van der Waals surface area contributed by atoms with Gasteiger partial charge < -0.3 is 15.1 Å². The van der Waals surface area contributed by atoms with Crippen molar-refractivity contribution in [2.75, 3.05) is 6.54 Å². The van der Waals surface area contributed by atoms with Crippen LogP contribution >= 0.6 is 11.6 Å². The molecule has 1 saturated heterocycles. The predicted octanol–water partition coefficient (Wildman–Crippen LogP) is 1.31. The van der Waals surface area contributed by atoms with E-state index in [1.807, 2.05) is 0 Å². The molecule has 102 valence electrons. The molecule has 6 heteroatoms. The number of halogens is 1. The quantitative estimate of drug-likeness (QED) is 0.858. The maximum atomic E-state index is 12.4. The molecule has 1 amide bonds. The monoisotopic (exact) mass is 283 g/mol. The zero-order valence-electron chi connectivity index (χ0n) is 10.3. The number of β-amino-alcohol motifs (C(OH)–C–C–N with tert-alkyl or cyclic N) is 1. The summed E-state index contributed by atoms with van der Waals surface area (Å²) in [6, 6.07) is 3.93. The molecule has 0 spiro atoms. The Morgan fingerprint density at radius 1 is 1.42 bits per heavy atom. The lowest BCUT2D eigenvalue weighted by molar-refractivity contribution is -0.141. The van der Waals surface area contributed by atoms with Crippen LogP contribution in [0, 0.1) is 6.92 Å². The number of aliphatic hydroxyl groups excluding tert-OH is 1. The minimum atomic E-state index is -1.11. The van der Waals surface area contributed by atoms with Crippen LogP contribution in [0.2, 0.25) is 5.02 Å². The number of nitrogens with zero attached hydrogens (tertiary/aromatic N) is 1. The largest absolute Gasteiger partial charge is 0.480 e. The Morgan fingerprint density at radius 3 is 2.74 bits per heavy atom. The normalized spacial score (nSPS) is 22.6. The van der Waals surface area contributed by atoms with Gasteiger partial charge in [0.15, 0.2) is 0 Å². The Hall–Kier alpha value is -1.59. The van der Waals surface area contributed by atoms with Gasteiger partial charge in [0.2, 0.25) is 0 Å². The lowest BCUT2D eigenvalue weighted by Gasteiger charge is -2.22. The minimum Gasteiger partial charge on any atom is -0.480 e. The molecule has 1 fully saturated rings. The van der Waals surface area contributed by atoms with Gasteiger partial charge in [-0.25, -0.2) is 4.79 Å². The molecule has 2 N–H and O–H groups in total. The highest BCUT2D eigenvalue weighted by atomic mass is 35.5. The fourth-order valence-electron chi connectivity index (χ4n) is 2.27. The van der Waals surface area contributed by atoms with Gasteiger partial charge in [-0.2, -0.15) is 0 Å². The third-order valence-electron chi connectivity index (χ3n) is 3.32. The molecule has 5 nitrogen and oxygen atoms in total. The third kappa shape index (κ3) is 2.57. The SMILES string of the molecule is Cc1c(Cl)cccc1C(=O)N1CC(O)CC1C(=O)O. The van der Waals surface area contributed by atoms with Crippen LogP contribution in [0.15, 0.2) is 18.2 Å². The molecule has 1 aliphatic heterocycles. The molecule has 0 radical (unpaired) electrons. The number of hydrogen-bond acceptors (Lipinski definition) is 3. The van der Waals surface area contributed by atoms with E-state index in [2.05, 4.69) is 0 Å². The zero-order valence-corrected chi connectivity index (χ0v) is 11.1. The number of carboxylic acids is 1. The van der Waals surface area contributed by atoms with E-state index in [4.69, 9.17) is 16.7 Å². The summed E-state index contributed by atoms with van der Waals surface area (Å²) in [6.07, 6.45) is -0.745. The fraction of sp³-hybridized carbons (Fsp3) is 0.385. The molecule has 2 rings (SSSR count). The maximum absolute atomic E-state index is 12.4. The van der Waals surface area contributed by atoms with Crippen molar-refractivity contribution in [2.45, 2.75) is 25.5 Å². The Labute approximate surface area is 115 Å². The van der Waals surface area contributed by atoms with Crippen molar-refractivity contribution in [1.29, 1.82) is 0 Å². The number of rotatable bonds is 2. The van der Waals surface area contributed by atoms with Crippen LogP contribution in [0.3, 0.4) is 0 Å². The highest BCUT2D eigenvalue weighted by Crippen LogP contribution is 2.25. The Kier molecular flexibility index (Phi) is 3.78. The second kappa shape index (κ2) is 5.19. The highest BCUT2D eigenvalue weighted by Gasteiger charge is 2.39. The number of aliphatic hydroxyl groups is 1. The van der Waals surface area contributed by atoms with Crippen molar-refractivity contribution in [1.82, 2.24) is 4.90 Å². The third-order valence-corrected chi connectivity index (χ3v) is 3.73. The highest BCUT2D eigenvalue weighted by molar-refractivity contribution is 6.31. The summed E-state index contributed by atoms with van der Waals surface area (Å²) in [5, 5.41) is 19.1. The van der Waals surface area contributed by atoms with Crippen LogP contribution < -0.4 is 0 Å². The summed E-state index contributed by atoms with van der Waals surface area (Å²) in [6.45, 7) is 1.74. The van der Waals surface area contributed by atoms with Gasteiger partial charge in [0.05, 0.1) is 6.10 Å². The molecule has 2 unspecified atom stereocenters. The predicted molar refractivity (Wildman–Crippen MR) is 69.3 cm³/mol. The molecule has 0 aromatic heterocycles. The summed E-state index contributed by atoms with van der Waals surface area (Å²) in [5.41, 5.74) is 0.979. The average Bonchev–Trinajstić information content (AvgIpc) is 2.74. The molecule has 0 saturated carbocycles. The van der Waals surface area contributed by atoms with E-state index in [9.17, 15) is 14.7 Å². The molecule has 0 aliphatic carbocycles. The minimum absolute atomic E-state index is 0.0295. The Bertz CT molecular complexity index is 531. The van der Waals surface area contributed by atoms with E-state index in [0.29, 0.717) is 16.1 Å². The van der Waals surface area contributed by atoms with Crippen LogP contribution in [0.25, 0.3) is 0 Å². The van der Waals surface area contributed by atoms with Crippen molar-refractivity contribution in [3.8, 4) is 0 Å². The van der Waals surface area contributed by atoms with E-state index < -0.39 is 24.0 Å². The number of carbonyl (C=O) groups excluding carboxylic acids is 1. The summed E-state index contributed by atoms with van der Waals surface area (Å²) in [7, 11) is 0. The van der Waals surface area contributed by atoms with E-state index in [1.165, 1.54) is 4.90 Å². The number of amides is 1. The van der Waals surface area contributed by atoms with Gasteiger partial charge in [-0.15, -0.1) is 0 Å². The van der Waals surface area contributed by atoms with E-state index in [-0.39, 0.29) is 13.0 Å². The Balaban J connectivity index is 2.33. The second-order valence-corrected chi connectivity index (χ2v) is 5.02. The molecule has 19 heavy (non-hydrogen) atoms. The zero-order chi connectivity index (χ0) is 14.2. The van der Waals surface area contributed by atoms with Gasteiger partial charge in [0.25, 0.3) is 5.91 Å². The van der Waals surface area contributed by atoms with Gasteiger partial charge in [-0.3, -0.25) is 4.79 Å². The first-order chi connectivity index (χ1) is 8.91. The van der Waals surface area contributed by atoms with Gasteiger partial charge in [0, 0.05) is 23.6 Å². The standard InChI is InChI=1S/C13H14ClNO4/c1-7-9(3-2-4-10(7)14)12(17)15-6-8(16)5-11(15)13(18)19/h2-4,8,11,16H,5-6H2,1H3,(H,18,19). The van der Waals surface area contributed by atoms with E-state index >= 15 is 0 Å². The maximum Gasteiger partial charge on any atom is 0.326 e. The van der Waals surface area contributed by atoms with Crippen LogP contribution in [0.5, 0.6) is 0 Å². The van der Waals surface area contributed by atoms with Crippen molar-refractivity contribution >= 4 is 23.5 Å². The topological polar surface area (TPSA) is 77.8 Å². The number of carboxylic acid groups (broad SMARTS) is 1. The molecule has 1 heterocycles. The lowest BCUT2D eigenvalue weighted by atomic mass is 10.1. The van der Waals surface area contributed by atoms with Crippen molar-refractivity contribution in [3.63, 3.8) is 0 Å². The summed E-state index contributed by atoms with van der Waals surface area (Å²) in [4.78, 5) is 24.7. The number of carbonyl (C=O) groups is 2. The molecular formula is C13H14ClNO4. The summed E-state index contributed by atoms with van der Waals surface area (Å²) >= 11 is 5.96. The van der Waals surface area contributed by atoms with Crippen LogP contribution in [0.1, 0.15) is 22.3 Å². The Morgan fingerprint density at radius 2 is 2.11 bits per heavy atom. The van der Waals surface area contributed by atoms with Crippen molar-refractivity contribution < 1.29 is 19.8 Å². The first-order valence-corrected chi connectivity index (χ1v) is 6.26. The number of hydrogen-bond donors (Lipinski definition) is 2. The van der Waals surface area contributed by atoms with Crippen molar-refractivity contribution in [2.24, 2.45) is 0 Å². The number of likely N-dealkylation sites (tertiary alicyclic amines) is 1. The van der Waals surface area contributed by atoms with Gasteiger partial charge in [-0.1, -0.05) is 17.7 Å². The molecule has 0 bridgehead atoms. The molecule has 1 aliphatic rings. The van der Waals surface area contributed by atoms with Gasteiger partial charge >= 0.3 is 5.97 Å². The smallest absolute Gasteiger partial charge is 0.326 e. The van der Waals surface area contributed by atoms with Crippen LogP contribution in [-0.4, -0.2) is 45.7 Å². The lowest BCUT2D eigenvalue weighted by Crippen LogP contribution is -2.40. The first kappa shape index (κ1) is 13.8. The number of aliphatic carboxylic acids is 1. The summed E-state index contributed by atoms with van der Waals surface area (Å²) in [5.74, 6) is -1.52. The first-order valence-electron chi connectivity index (χ1n) is 5.88. The van der Waals surface area contributed by atoms with E-state index in [1.54, 1.807) is 25.1 Å². The van der Waals surface area contributed by atoms with Crippen LogP contribution in [-0.2, 0) is 4.79 Å². The van der Waals surface area contributed by atoms with Crippen LogP contribution in [0.4, 0.5) is 0 Å². The molecular weight excluding hydrogens is 270 g/mol. The number of benzene rings is 1. The molecule has 1 aromatic carbocycles. The average molecular weight is 284 g/mol. The van der Waals surface area contributed by atoms with E-state index in [0.717, 1.165) is 0 Å².